The number of phenols is 1. The molecule has 1 saturated carbocycles. The lowest BCUT2D eigenvalue weighted by Gasteiger charge is -2.30. The van der Waals surface area contributed by atoms with E-state index < -0.39 is 5.91 Å². The number of nitrogens with zero attached hydrogens (tertiary/aromatic N) is 1. The molecule has 0 bridgehead atoms. The number of methoxy groups -OCH3 is 2. The van der Waals surface area contributed by atoms with Crippen LogP contribution in [0, 0.1) is 0 Å². The molecule has 1 fully saturated rings. The highest BCUT2D eigenvalue weighted by Crippen LogP contribution is 2.35. The minimum atomic E-state index is -0.453. The second kappa shape index (κ2) is 10.5. The fourth-order valence-electron chi connectivity index (χ4n) is 3.72. The smallest absolute Gasteiger partial charge is 0.271 e. The number of hydrogen-bond donors (Lipinski definition) is 3. The van der Waals surface area contributed by atoms with Crippen LogP contribution in [-0.4, -0.2) is 37.0 Å². The number of benzene rings is 2. The number of ether oxygens (including phenoxy) is 2. The third-order valence-corrected chi connectivity index (χ3v) is 5.80. The van der Waals surface area contributed by atoms with Crippen molar-refractivity contribution >= 4 is 29.8 Å². The molecule has 0 spiro atoms. The largest absolute Gasteiger partial charge is 0.506 e. The molecule has 7 nitrogen and oxygen atoms in total. The highest BCUT2D eigenvalue weighted by molar-refractivity contribution is 6.32. The van der Waals surface area contributed by atoms with Gasteiger partial charge in [0.25, 0.3) is 5.91 Å². The molecular weight excluding hydrogens is 430 g/mol. The Labute approximate surface area is 192 Å². The number of halogens is 1. The van der Waals surface area contributed by atoms with Gasteiger partial charge in [-0.2, -0.15) is 5.10 Å². The summed E-state index contributed by atoms with van der Waals surface area (Å²) in [5.74, 6) is 0.599. The van der Waals surface area contributed by atoms with Crippen molar-refractivity contribution in [3.8, 4) is 17.2 Å². The normalized spacial score (nSPS) is 15.8. The van der Waals surface area contributed by atoms with Gasteiger partial charge in [0.05, 0.1) is 25.5 Å². The summed E-state index contributed by atoms with van der Waals surface area (Å²) in [4.78, 5) is 12.3. The van der Waals surface area contributed by atoms with Gasteiger partial charge >= 0.3 is 0 Å². The maximum atomic E-state index is 12.3. The lowest BCUT2D eigenvalue weighted by atomic mass is 9.82. The standard InChI is InChI=1S/C24H28ClN3O4/c1-31-21-13-16(15-27-28-23(30)18-6-7-20(29)19(25)14-18)12-17(22(21)32-2)8-11-24(26)9-4-3-5-10-24/h6-8,11-15,29H,3-5,9-10,26H2,1-2H3,(H,28,30)/b11-8+,27-15+. The zero-order valence-electron chi connectivity index (χ0n) is 18.2. The van der Waals surface area contributed by atoms with Crippen molar-refractivity contribution in [2.45, 2.75) is 37.6 Å². The molecule has 3 rings (SSSR count). The van der Waals surface area contributed by atoms with Crippen LogP contribution in [0.3, 0.4) is 0 Å². The number of amides is 1. The van der Waals surface area contributed by atoms with E-state index >= 15 is 0 Å². The molecular formula is C24H28ClN3O4. The van der Waals surface area contributed by atoms with E-state index in [1.807, 2.05) is 18.2 Å². The Morgan fingerprint density at radius 2 is 1.94 bits per heavy atom. The molecule has 0 aromatic heterocycles. The van der Waals surface area contributed by atoms with E-state index in [0.717, 1.165) is 31.2 Å². The van der Waals surface area contributed by atoms with E-state index in [2.05, 4.69) is 10.5 Å². The molecule has 0 heterocycles. The Morgan fingerprint density at radius 3 is 2.59 bits per heavy atom. The number of hydrogen-bond acceptors (Lipinski definition) is 6. The highest BCUT2D eigenvalue weighted by Gasteiger charge is 2.24. The molecule has 1 aliphatic carbocycles. The third kappa shape index (κ3) is 5.81. The fraction of sp³-hybridized carbons (Fsp3) is 0.333. The third-order valence-electron chi connectivity index (χ3n) is 5.50. The van der Waals surface area contributed by atoms with Gasteiger partial charge in [-0.05, 0) is 48.7 Å². The minimum Gasteiger partial charge on any atom is -0.506 e. The van der Waals surface area contributed by atoms with Crippen molar-refractivity contribution in [1.82, 2.24) is 5.43 Å². The minimum absolute atomic E-state index is 0.0913. The van der Waals surface area contributed by atoms with Crippen molar-refractivity contribution in [3.05, 3.63) is 58.1 Å². The molecule has 2 aromatic carbocycles. The van der Waals surface area contributed by atoms with Crippen LogP contribution in [0.4, 0.5) is 0 Å². The molecule has 0 radical (unpaired) electrons. The number of hydrazone groups is 1. The summed E-state index contributed by atoms with van der Waals surface area (Å²) in [7, 11) is 3.15. The number of nitrogens with one attached hydrogen (secondary N) is 1. The maximum absolute atomic E-state index is 12.3. The van der Waals surface area contributed by atoms with Gasteiger partial charge in [0.1, 0.15) is 5.75 Å². The predicted molar refractivity (Wildman–Crippen MR) is 127 cm³/mol. The Kier molecular flexibility index (Phi) is 7.77. The highest BCUT2D eigenvalue weighted by atomic mass is 35.5. The van der Waals surface area contributed by atoms with Crippen LogP contribution in [0.15, 0.2) is 41.5 Å². The van der Waals surface area contributed by atoms with Gasteiger partial charge in [0.15, 0.2) is 11.5 Å². The summed E-state index contributed by atoms with van der Waals surface area (Å²) in [6.45, 7) is 0. The summed E-state index contributed by atoms with van der Waals surface area (Å²) in [5.41, 5.74) is 10.5. The summed E-state index contributed by atoms with van der Waals surface area (Å²) in [6.07, 6.45) is 10.9. The van der Waals surface area contributed by atoms with Crippen molar-refractivity contribution in [2.24, 2.45) is 10.8 Å². The lowest BCUT2D eigenvalue weighted by molar-refractivity contribution is 0.0955. The molecule has 0 aliphatic heterocycles. The van der Waals surface area contributed by atoms with E-state index in [4.69, 9.17) is 26.8 Å². The Balaban J connectivity index is 1.80. The van der Waals surface area contributed by atoms with Gasteiger partial charge in [-0.1, -0.05) is 43.0 Å². The van der Waals surface area contributed by atoms with Crippen LogP contribution in [0.25, 0.3) is 6.08 Å². The second-order valence-corrected chi connectivity index (χ2v) is 8.25. The predicted octanol–water partition coefficient (Wildman–Crippen LogP) is 4.50. The second-order valence-electron chi connectivity index (χ2n) is 7.84. The molecule has 0 atom stereocenters. The van der Waals surface area contributed by atoms with Crippen molar-refractivity contribution in [2.75, 3.05) is 14.2 Å². The SMILES string of the molecule is COc1cc(/C=N/NC(=O)c2ccc(O)c(Cl)c2)cc(/C=C/C2(N)CCCCC2)c1OC. The number of aromatic hydroxyl groups is 1. The van der Waals surface area contributed by atoms with Crippen molar-refractivity contribution in [1.29, 1.82) is 0 Å². The van der Waals surface area contributed by atoms with Crippen molar-refractivity contribution in [3.63, 3.8) is 0 Å². The molecule has 1 amide bonds. The maximum Gasteiger partial charge on any atom is 0.271 e. The van der Waals surface area contributed by atoms with Gasteiger partial charge in [0, 0.05) is 16.7 Å². The molecule has 2 aromatic rings. The van der Waals surface area contributed by atoms with Gasteiger partial charge in [0.2, 0.25) is 0 Å². The molecule has 0 unspecified atom stereocenters. The number of nitrogens with two attached hydrogens (primary N) is 1. The monoisotopic (exact) mass is 457 g/mol. The number of phenolic OH excluding ortho intramolecular Hbond substituents is 1. The molecule has 1 aliphatic rings. The average molecular weight is 458 g/mol. The van der Waals surface area contributed by atoms with E-state index in [1.54, 1.807) is 20.3 Å². The Bertz CT molecular complexity index is 1030. The molecule has 8 heteroatoms. The molecule has 0 saturated heterocycles. The summed E-state index contributed by atoms with van der Waals surface area (Å²) in [6, 6.07) is 7.83. The van der Waals surface area contributed by atoms with Crippen LogP contribution < -0.4 is 20.6 Å². The molecule has 170 valence electrons. The summed E-state index contributed by atoms with van der Waals surface area (Å²) >= 11 is 5.85. The number of carbonyl (C=O) groups excluding carboxylic acids is 1. The Morgan fingerprint density at radius 1 is 1.19 bits per heavy atom. The van der Waals surface area contributed by atoms with E-state index in [0.29, 0.717) is 17.1 Å². The van der Waals surface area contributed by atoms with Gasteiger partial charge in [-0.15, -0.1) is 0 Å². The lowest BCUT2D eigenvalue weighted by Crippen LogP contribution is -2.39. The number of carbonyl (C=O) groups is 1. The average Bonchev–Trinajstić information content (AvgIpc) is 2.79. The summed E-state index contributed by atoms with van der Waals surface area (Å²) in [5, 5.41) is 13.6. The van der Waals surface area contributed by atoms with E-state index in [-0.39, 0.29) is 21.9 Å². The first kappa shape index (κ1) is 23.6. The van der Waals surface area contributed by atoms with Crippen LogP contribution in [0.1, 0.15) is 53.6 Å². The summed E-state index contributed by atoms with van der Waals surface area (Å²) < 4.78 is 11.0. The quantitative estimate of drug-likeness (QED) is 0.419. The molecule has 32 heavy (non-hydrogen) atoms. The van der Waals surface area contributed by atoms with Crippen LogP contribution in [-0.2, 0) is 0 Å². The molecule has 4 N–H and O–H groups in total. The first-order valence-corrected chi connectivity index (χ1v) is 10.8. The van der Waals surface area contributed by atoms with Gasteiger partial charge in [-0.3, -0.25) is 4.79 Å². The first-order chi connectivity index (χ1) is 15.3. The zero-order chi connectivity index (χ0) is 23.1. The van der Waals surface area contributed by atoms with Crippen LogP contribution in [0.5, 0.6) is 17.2 Å². The van der Waals surface area contributed by atoms with E-state index in [1.165, 1.54) is 30.8 Å². The topological polar surface area (TPSA) is 106 Å². The fourth-order valence-corrected chi connectivity index (χ4v) is 3.91. The first-order valence-electron chi connectivity index (χ1n) is 10.4. The zero-order valence-corrected chi connectivity index (χ0v) is 19.0. The van der Waals surface area contributed by atoms with Gasteiger partial charge < -0.3 is 20.3 Å². The van der Waals surface area contributed by atoms with Crippen LogP contribution >= 0.6 is 11.6 Å². The van der Waals surface area contributed by atoms with E-state index in [9.17, 15) is 9.90 Å². The Hall–Kier alpha value is -3.03. The van der Waals surface area contributed by atoms with Crippen LogP contribution in [0.2, 0.25) is 5.02 Å². The van der Waals surface area contributed by atoms with Crippen molar-refractivity contribution < 1.29 is 19.4 Å². The van der Waals surface area contributed by atoms with Gasteiger partial charge in [-0.25, -0.2) is 5.43 Å². The number of rotatable bonds is 7.